The average Bonchev–Trinajstić information content (AvgIpc) is 2.08. The summed E-state index contributed by atoms with van der Waals surface area (Å²) in [7, 11) is -0.817. The summed E-state index contributed by atoms with van der Waals surface area (Å²) >= 11 is 5.81. The molecule has 0 saturated carbocycles. The lowest BCUT2D eigenvalue weighted by molar-refractivity contribution is 0.242. The van der Waals surface area contributed by atoms with Crippen LogP contribution in [0.1, 0.15) is 19.8 Å². The first-order valence-corrected chi connectivity index (χ1v) is 6.62. The van der Waals surface area contributed by atoms with E-state index in [1.54, 1.807) is 7.11 Å². The lowest BCUT2D eigenvalue weighted by atomic mass is 10.4. The Kier molecular flexibility index (Phi) is 7.19. The number of rotatable bonds is 6. The molecule has 0 radical (unpaired) electrons. The van der Waals surface area contributed by atoms with Gasteiger partial charge in [0.25, 0.3) is 0 Å². The molecular formula is C5H12Br2O3Si. The zero-order valence-electron chi connectivity index (χ0n) is 6.60. The summed E-state index contributed by atoms with van der Waals surface area (Å²) < 4.78 is 15.1. The number of hydrogen-bond acceptors (Lipinski definition) is 3. The first kappa shape index (κ1) is 12.1. The van der Waals surface area contributed by atoms with E-state index in [1.165, 1.54) is 0 Å². The SMILES string of the molecule is CCCC[Si](OC)(OBr)OBr. The van der Waals surface area contributed by atoms with E-state index in [4.69, 9.17) is 11.5 Å². The van der Waals surface area contributed by atoms with Crippen molar-refractivity contribution in [2.75, 3.05) is 7.11 Å². The molecule has 11 heavy (non-hydrogen) atoms. The van der Waals surface area contributed by atoms with Gasteiger partial charge in [0.1, 0.15) is 0 Å². The van der Waals surface area contributed by atoms with Crippen LogP contribution in [-0.2, 0) is 11.5 Å². The van der Waals surface area contributed by atoms with Crippen molar-refractivity contribution in [2.45, 2.75) is 25.8 Å². The lowest BCUT2D eigenvalue weighted by Crippen LogP contribution is -2.39. The fraction of sp³-hybridized carbons (Fsp3) is 1.00. The van der Waals surface area contributed by atoms with Crippen LogP contribution in [0.15, 0.2) is 0 Å². The first-order chi connectivity index (χ1) is 5.24. The third-order valence-corrected chi connectivity index (χ3v) is 6.40. The average molecular weight is 308 g/mol. The molecule has 0 spiro atoms. The van der Waals surface area contributed by atoms with Gasteiger partial charge in [-0.3, -0.25) is 7.03 Å². The molecule has 0 unspecified atom stereocenters. The van der Waals surface area contributed by atoms with Crippen LogP contribution in [0.25, 0.3) is 0 Å². The first-order valence-electron chi connectivity index (χ1n) is 3.39. The smallest absolute Gasteiger partial charge is 0.376 e. The van der Waals surface area contributed by atoms with Crippen molar-refractivity contribution < 1.29 is 11.5 Å². The summed E-state index contributed by atoms with van der Waals surface area (Å²) in [6.07, 6.45) is 2.14. The Morgan fingerprint density at radius 1 is 1.27 bits per heavy atom. The highest BCUT2D eigenvalue weighted by Gasteiger charge is 2.39. The summed E-state index contributed by atoms with van der Waals surface area (Å²) in [5.74, 6) is 0. The molecule has 0 N–H and O–H groups in total. The Hall–Kier alpha value is 1.06. The van der Waals surface area contributed by atoms with E-state index in [1.807, 2.05) is 0 Å². The van der Waals surface area contributed by atoms with E-state index in [0.29, 0.717) is 0 Å². The predicted molar refractivity (Wildman–Crippen MR) is 52.5 cm³/mol. The number of hydrogen-bond donors (Lipinski definition) is 0. The summed E-state index contributed by atoms with van der Waals surface area (Å²) in [4.78, 5) is 0. The van der Waals surface area contributed by atoms with E-state index < -0.39 is 8.80 Å². The van der Waals surface area contributed by atoms with E-state index in [2.05, 4.69) is 39.4 Å². The zero-order valence-corrected chi connectivity index (χ0v) is 10.8. The molecule has 6 heteroatoms. The van der Waals surface area contributed by atoms with Gasteiger partial charge in [0.15, 0.2) is 0 Å². The van der Waals surface area contributed by atoms with Crippen LogP contribution in [-0.4, -0.2) is 15.9 Å². The summed E-state index contributed by atoms with van der Waals surface area (Å²) in [5.41, 5.74) is 0. The van der Waals surface area contributed by atoms with Gasteiger partial charge in [-0.15, -0.1) is 0 Å². The monoisotopic (exact) mass is 306 g/mol. The number of halogens is 2. The molecule has 0 aliphatic carbocycles. The highest BCUT2D eigenvalue weighted by atomic mass is 79.9. The van der Waals surface area contributed by atoms with Crippen molar-refractivity contribution in [3.05, 3.63) is 0 Å². The third-order valence-electron chi connectivity index (χ3n) is 1.38. The maximum absolute atomic E-state index is 5.14. The van der Waals surface area contributed by atoms with Crippen LogP contribution in [0.3, 0.4) is 0 Å². The molecule has 0 amide bonds. The molecule has 0 aromatic rings. The van der Waals surface area contributed by atoms with Crippen molar-refractivity contribution >= 4 is 41.3 Å². The zero-order chi connectivity index (χ0) is 8.74. The summed E-state index contributed by atoms with van der Waals surface area (Å²) in [6, 6.07) is 0.816. The highest BCUT2D eigenvalue weighted by Crippen LogP contribution is 2.22. The van der Waals surface area contributed by atoms with Crippen molar-refractivity contribution in [1.82, 2.24) is 0 Å². The molecule has 0 saturated heterocycles. The molecule has 68 valence electrons. The van der Waals surface area contributed by atoms with Crippen LogP contribution in [0.2, 0.25) is 6.04 Å². The van der Waals surface area contributed by atoms with Crippen molar-refractivity contribution in [3.63, 3.8) is 0 Å². The summed E-state index contributed by atoms with van der Waals surface area (Å²) in [5, 5.41) is 0. The fourth-order valence-electron chi connectivity index (χ4n) is 0.647. The second-order valence-electron chi connectivity index (χ2n) is 2.14. The van der Waals surface area contributed by atoms with Crippen molar-refractivity contribution in [3.8, 4) is 0 Å². The van der Waals surface area contributed by atoms with E-state index >= 15 is 0 Å². The van der Waals surface area contributed by atoms with Gasteiger partial charge in [-0.2, -0.15) is 0 Å². The molecule has 0 heterocycles. The largest absolute Gasteiger partial charge is 0.522 e. The van der Waals surface area contributed by atoms with Gasteiger partial charge >= 0.3 is 8.80 Å². The van der Waals surface area contributed by atoms with Gasteiger partial charge < -0.3 is 4.43 Å². The van der Waals surface area contributed by atoms with Gasteiger partial charge in [0, 0.05) is 13.2 Å². The van der Waals surface area contributed by atoms with Crippen LogP contribution in [0, 0.1) is 0 Å². The Bertz CT molecular complexity index is 91.5. The van der Waals surface area contributed by atoms with Gasteiger partial charge in [0.2, 0.25) is 0 Å². The van der Waals surface area contributed by atoms with Gasteiger partial charge in [0.05, 0.1) is 32.5 Å². The van der Waals surface area contributed by atoms with Gasteiger partial charge in [-0.1, -0.05) is 13.3 Å². The Morgan fingerprint density at radius 3 is 2.09 bits per heavy atom. The second-order valence-corrected chi connectivity index (χ2v) is 6.67. The van der Waals surface area contributed by atoms with E-state index in [0.717, 1.165) is 18.9 Å². The van der Waals surface area contributed by atoms with Gasteiger partial charge in [-0.25, -0.2) is 0 Å². The Labute approximate surface area is 85.7 Å². The molecule has 0 bridgehead atoms. The van der Waals surface area contributed by atoms with Crippen molar-refractivity contribution in [2.24, 2.45) is 0 Å². The molecule has 0 aliphatic rings. The van der Waals surface area contributed by atoms with Crippen LogP contribution < -0.4 is 0 Å². The minimum absolute atomic E-state index is 0.816. The van der Waals surface area contributed by atoms with Gasteiger partial charge in [-0.05, 0) is 6.42 Å². The molecule has 0 aromatic carbocycles. The quantitative estimate of drug-likeness (QED) is 0.706. The van der Waals surface area contributed by atoms with Crippen LogP contribution >= 0.6 is 32.5 Å². The minimum Gasteiger partial charge on any atom is -0.376 e. The minimum atomic E-state index is -2.41. The molecule has 0 rings (SSSR count). The lowest BCUT2D eigenvalue weighted by Gasteiger charge is -2.20. The van der Waals surface area contributed by atoms with Crippen molar-refractivity contribution in [1.29, 1.82) is 0 Å². The van der Waals surface area contributed by atoms with Crippen LogP contribution in [0.4, 0.5) is 0 Å². The summed E-state index contributed by atoms with van der Waals surface area (Å²) in [6.45, 7) is 2.11. The Morgan fingerprint density at radius 2 is 1.82 bits per heavy atom. The molecule has 0 atom stereocenters. The third kappa shape index (κ3) is 4.00. The fourth-order valence-corrected chi connectivity index (χ4v) is 4.63. The molecule has 0 fully saturated rings. The molecule has 0 aromatic heterocycles. The molecule has 0 aliphatic heterocycles. The highest BCUT2D eigenvalue weighted by molar-refractivity contribution is 9.07. The predicted octanol–water partition coefficient (Wildman–Crippen LogP) is 3.02. The van der Waals surface area contributed by atoms with Crippen LogP contribution in [0.5, 0.6) is 0 Å². The maximum atomic E-state index is 5.14. The van der Waals surface area contributed by atoms with E-state index in [9.17, 15) is 0 Å². The normalized spacial score (nSPS) is 12.0. The maximum Gasteiger partial charge on any atom is 0.522 e. The molecular weight excluding hydrogens is 296 g/mol. The Balaban J connectivity index is 3.84. The number of unbranched alkanes of at least 4 members (excludes halogenated alkanes) is 1. The standard InChI is InChI=1S/C5H12Br2O3Si/c1-3-4-5-11(8-2,9-6)10-7/h3-5H2,1-2H3. The van der Waals surface area contributed by atoms with E-state index in [-0.39, 0.29) is 0 Å². The molecule has 3 nitrogen and oxygen atoms in total. The second kappa shape index (κ2) is 6.56. The topological polar surface area (TPSA) is 27.7 Å².